The SMILES string of the molecule is Cc1cc(N2CCCCC2)[nH+]c2ccc(NC(=O)c3ccc(Cl)nc3)cc12. The largest absolute Gasteiger partial charge is 0.322 e. The second-order valence-electron chi connectivity index (χ2n) is 6.97. The van der Waals surface area contributed by atoms with Gasteiger partial charge in [-0.05, 0) is 62.1 Å². The summed E-state index contributed by atoms with van der Waals surface area (Å²) in [7, 11) is 0. The summed E-state index contributed by atoms with van der Waals surface area (Å²) >= 11 is 5.78. The molecular weight excluding hydrogens is 360 g/mol. The molecule has 0 saturated carbocycles. The van der Waals surface area contributed by atoms with Crippen LogP contribution in [-0.2, 0) is 0 Å². The predicted octanol–water partition coefficient (Wildman–Crippen LogP) is 4.25. The van der Waals surface area contributed by atoms with Gasteiger partial charge in [-0.25, -0.2) is 9.97 Å². The molecule has 1 aromatic carbocycles. The minimum absolute atomic E-state index is 0.204. The molecule has 1 aliphatic rings. The van der Waals surface area contributed by atoms with E-state index >= 15 is 0 Å². The molecule has 2 aromatic heterocycles. The number of aryl methyl sites for hydroxylation is 1. The highest BCUT2D eigenvalue weighted by atomic mass is 35.5. The van der Waals surface area contributed by atoms with Gasteiger partial charge in [-0.1, -0.05) is 11.6 Å². The molecule has 138 valence electrons. The summed E-state index contributed by atoms with van der Waals surface area (Å²) in [4.78, 5) is 22.3. The molecule has 2 N–H and O–H groups in total. The zero-order valence-electron chi connectivity index (χ0n) is 15.3. The number of carbonyl (C=O) groups is 1. The van der Waals surface area contributed by atoms with Gasteiger partial charge in [0.25, 0.3) is 11.7 Å². The third kappa shape index (κ3) is 3.88. The third-order valence-corrected chi connectivity index (χ3v) is 5.23. The Kier molecular flexibility index (Phi) is 4.94. The average molecular weight is 382 g/mol. The van der Waals surface area contributed by atoms with Crippen LogP contribution in [0.25, 0.3) is 10.9 Å². The molecule has 0 atom stereocenters. The van der Waals surface area contributed by atoms with Crippen molar-refractivity contribution in [1.29, 1.82) is 0 Å². The van der Waals surface area contributed by atoms with Gasteiger partial charge in [0.1, 0.15) is 10.7 Å². The van der Waals surface area contributed by atoms with Crippen LogP contribution in [0, 0.1) is 6.92 Å². The molecule has 1 fully saturated rings. The summed E-state index contributed by atoms with van der Waals surface area (Å²) in [5.74, 6) is 0.966. The third-order valence-electron chi connectivity index (χ3n) is 5.00. The molecule has 0 radical (unpaired) electrons. The first kappa shape index (κ1) is 17.7. The highest BCUT2D eigenvalue weighted by Crippen LogP contribution is 2.24. The number of amides is 1. The zero-order valence-corrected chi connectivity index (χ0v) is 16.0. The maximum atomic E-state index is 12.4. The number of piperidine rings is 1. The van der Waals surface area contributed by atoms with Crippen LogP contribution >= 0.6 is 11.6 Å². The fourth-order valence-electron chi connectivity index (χ4n) is 3.53. The van der Waals surface area contributed by atoms with Crippen LogP contribution in [0.1, 0.15) is 35.2 Å². The summed E-state index contributed by atoms with van der Waals surface area (Å²) < 4.78 is 0. The molecule has 1 saturated heterocycles. The molecule has 1 amide bonds. The van der Waals surface area contributed by atoms with Crippen molar-refractivity contribution in [2.75, 3.05) is 23.3 Å². The lowest BCUT2D eigenvalue weighted by Crippen LogP contribution is -2.34. The van der Waals surface area contributed by atoms with Crippen molar-refractivity contribution in [3.05, 3.63) is 58.9 Å². The fraction of sp³-hybridized carbons (Fsp3) is 0.286. The Hall–Kier alpha value is -2.66. The van der Waals surface area contributed by atoms with Crippen LogP contribution in [0.3, 0.4) is 0 Å². The Morgan fingerprint density at radius 3 is 2.70 bits per heavy atom. The lowest BCUT2D eigenvalue weighted by molar-refractivity contribution is -0.330. The van der Waals surface area contributed by atoms with E-state index in [1.54, 1.807) is 12.1 Å². The standard InChI is InChI=1S/C21H21ClN4O/c1-14-11-20(26-9-3-2-4-10-26)25-18-7-6-16(12-17(14)18)24-21(27)15-5-8-19(22)23-13-15/h5-8,11-13H,2-4,9-10H2,1H3,(H,24,27)/p+1. The van der Waals surface area contributed by atoms with Gasteiger partial charge in [0.05, 0.1) is 18.7 Å². The van der Waals surface area contributed by atoms with E-state index in [0.717, 1.165) is 29.7 Å². The first-order chi connectivity index (χ1) is 13.1. The van der Waals surface area contributed by atoms with Crippen LogP contribution in [0.15, 0.2) is 42.6 Å². The van der Waals surface area contributed by atoms with Crippen molar-refractivity contribution in [3.8, 4) is 0 Å². The zero-order chi connectivity index (χ0) is 18.8. The summed E-state index contributed by atoms with van der Waals surface area (Å²) in [5, 5.41) is 4.40. The van der Waals surface area contributed by atoms with Crippen molar-refractivity contribution >= 4 is 39.9 Å². The van der Waals surface area contributed by atoms with Crippen LogP contribution in [0.2, 0.25) is 5.15 Å². The molecule has 6 heteroatoms. The normalized spacial score (nSPS) is 14.4. The van der Waals surface area contributed by atoms with E-state index in [1.165, 1.54) is 36.8 Å². The number of aromatic nitrogens is 2. The van der Waals surface area contributed by atoms with Gasteiger partial charge in [-0.2, -0.15) is 0 Å². The number of fused-ring (bicyclic) bond motifs is 1. The van der Waals surface area contributed by atoms with Crippen LogP contribution < -0.4 is 15.2 Å². The van der Waals surface area contributed by atoms with Gasteiger partial charge >= 0.3 is 0 Å². The fourth-order valence-corrected chi connectivity index (χ4v) is 3.64. The number of benzene rings is 1. The van der Waals surface area contributed by atoms with Crippen molar-refractivity contribution in [1.82, 2.24) is 4.98 Å². The van der Waals surface area contributed by atoms with Gasteiger partial charge in [0, 0.05) is 23.3 Å². The number of pyridine rings is 2. The van der Waals surface area contributed by atoms with E-state index < -0.39 is 0 Å². The second-order valence-corrected chi connectivity index (χ2v) is 7.36. The topological polar surface area (TPSA) is 59.4 Å². The quantitative estimate of drug-likeness (QED) is 0.690. The Labute approximate surface area is 163 Å². The maximum Gasteiger partial charge on any atom is 0.275 e. The number of carbonyl (C=O) groups excluding carboxylic acids is 1. The number of rotatable bonds is 3. The Morgan fingerprint density at radius 2 is 1.96 bits per heavy atom. The Balaban J connectivity index is 1.59. The highest BCUT2D eigenvalue weighted by molar-refractivity contribution is 6.29. The lowest BCUT2D eigenvalue weighted by Gasteiger charge is -2.21. The molecule has 27 heavy (non-hydrogen) atoms. The monoisotopic (exact) mass is 381 g/mol. The number of hydrogen-bond acceptors (Lipinski definition) is 3. The van der Waals surface area contributed by atoms with Crippen LogP contribution in [0.4, 0.5) is 11.5 Å². The Morgan fingerprint density at radius 1 is 1.15 bits per heavy atom. The van der Waals surface area contributed by atoms with E-state index in [-0.39, 0.29) is 5.91 Å². The van der Waals surface area contributed by atoms with Gasteiger partial charge in [0.2, 0.25) is 0 Å². The minimum atomic E-state index is -0.204. The van der Waals surface area contributed by atoms with Crippen molar-refractivity contribution in [3.63, 3.8) is 0 Å². The molecule has 5 nitrogen and oxygen atoms in total. The number of H-pyrrole nitrogens is 1. The molecular formula is C21H22ClN4O+. The molecule has 0 aliphatic carbocycles. The van der Waals surface area contributed by atoms with Gasteiger partial charge in [-0.15, -0.1) is 0 Å². The Bertz CT molecular complexity index is 981. The lowest BCUT2D eigenvalue weighted by atomic mass is 10.1. The summed E-state index contributed by atoms with van der Waals surface area (Å²) in [6.45, 7) is 4.31. The molecule has 3 aromatic rings. The average Bonchev–Trinajstić information content (AvgIpc) is 2.69. The summed E-state index contributed by atoms with van der Waals surface area (Å²) in [5.41, 5.74) is 3.49. The highest BCUT2D eigenvalue weighted by Gasteiger charge is 2.20. The second kappa shape index (κ2) is 7.53. The number of halogens is 1. The molecule has 4 rings (SSSR count). The first-order valence-electron chi connectivity index (χ1n) is 9.25. The predicted molar refractivity (Wildman–Crippen MR) is 109 cm³/mol. The molecule has 3 heterocycles. The van der Waals surface area contributed by atoms with Gasteiger partial charge < -0.3 is 5.32 Å². The molecule has 0 unspecified atom stereocenters. The number of nitrogens with one attached hydrogen (secondary N) is 2. The van der Waals surface area contributed by atoms with Crippen molar-refractivity contribution < 1.29 is 9.78 Å². The number of aromatic amines is 1. The van der Waals surface area contributed by atoms with E-state index in [0.29, 0.717) is 10.7 Å². The van der Waals surface area contributed by atoms with E-state index in [1.807, 2.05) is 18.2 Å². The minimum Gasteiger partial charge on any atom is -0.322 e. The summed E-state index contributed by atoms with van der Waals surface area (Å²) in [6, 6.07) is 11.4. The number of nitrogens with zero attached hydrogens (tertiary/aromatic N) is 2. The number of hydrogen-bond donors (Lipinski definition) is 1. The number of anilines is 2. The molecule has 0 bridgehead atoms. The smallest absolute Gasteiger partial charge is 0.275 e. The van der Waals surface area contributed by atoms with Gasteiger partial charge in [0.15, 0.2) is 0 Å². The van der Waals surface area contributed by atoms with Gasteiger partial charge in [-0.3, -0.25) is 9.69 Å². The van der Waals surface area contributed by atoms with Crippen molar-refractivity contribution in [2.45, 2.75) is 26.2 Å². The van der Waals surface area contributed by atoms with Crippen LogP contribution in [-0.4, -0.2) is 24.0 Å². The van der Waals surface area contributed by atoms with E-state index in [9.17, 15) is 4.79 Å². The molecule has 1 aliphatic heterocycles. The van der Waals surface area contributed by atoms with Crippen LogP contribution in [0.5, 0.6) is 0 Å². The maximum absolute atomic E-state index is 12.4. The first-order valence-corrected chi connectivity index (χ1v) is 9.62. The van der Waals surface area contributed by atoms with E-state index in [4.69, 9.17) is 11.6 Å². The van der Waals surface area contributed by atoms with Crippen molar-refractivity contribution in [2.24, 2.45) is 0 Å². The van der Waals surface area contributed by atoms with E-state index in [2.05, 4.69) is 33.2 Å². The molecule has 0 spiro atoms. The summed E-state index contributed by atoms with van der Waals surface area (Å²) in [6.07, 6.45) is 5.28.